The van der Waals surface area contributed by atoms with Crippen molar-refractivity contribution in [3.8, 4) is 17.5 Å². The van der Waals surface area contributed by atoms with Crippen LogP contribution >= 0.6 is 0 Å². The molecule has 1 aromatic heterocycles. The Hall–Kier alpha value is -5.25. The molecule has 0 saturated carbocycles. The molecular formula is C33H30F2N6O4. The molecule has 5 rings (SSSR count). The summed E-state index contributed by atoms with van der Waals surface area (Å²) in [6.45, 7) is 1.13. The van der Waals surface area contributed by atoms with Crippen molar-refractivity contribution in [2.45, 2.75) is 12.6 Å². The van der Waals surface area contributed by atoms with Gasteiger partial charge in [0, 0.05) is 35.5 Å². The molecule has 2 heterocycles. The molecule has 1 amide bonds. The SMILES string of the molecule is CN[C@@H](CF)C(=O)Nc1cnc(-c2cccc(C#N)c2)n(Cc2cc(C(=O)c3ccc(F)cc3)cc(N3CCOCC3)c2)c1=O. The minimum atomic E-state index is -1.17. The zero-order valence-corrected chi connectivity index (χ0v) is 24.4. The lowest BCUT2D eigenvalue weighted by Crippen LogP contribution is -2.41. The molecule has 230 valence electrons. The molecule has 10 nitrogen and oxygen atoms in total. The lowest BCUT2D eigenvalue weighted by atomic mass is 9.99. The van der Waals surface area contributed by atoms with Crippen LogP contribution in [0, 0.1) is 17.1 Å². The summed E-state index contributed by atoms with van der Waals surface area (Å²) in [6.07, 6.45) is 1.20. The summed E-state index contributed by atoms with van der Waals surface area (Å²) >= 11 is 0. The van der Waals surface area contributed by atoms with Crippen LogP contribution in [0.2, 0.25) is 0 Å². The van der Waals surface area contributed by atoms with Crippen molar-refractivity contribution in [2.24, 2.45) is 0 Å². The van der Waals surface area contributed by atoms with Crippen LogP contribution in [0.3, 0.4) is 0 Å². The maximum atomic E-state index is 13.9. The van der Waals surface area contributed by atoms with Crippen LogP contribution in [0.1, 0.15) is 27.0 Å². The number of carbonyl (C=O) groups is 2. The van der Waals surface area contributed by atoms with Gasteiger partial charge < -0.3 is 20.3 Å². The molecular weight excluding hydrogens is 582 g/mol. The van der Waals surface area contributed by atoms with Gasteiger partial charge in [0.2, 0.25) is 5.91 Å². The number of ketones is 1. The number of amides is 1. The van der Waals surface area contributed by atoms with E-state index in [-0.39, 0.29) is 23.8 Å². The standard InChI is InChI=1S/C33H30F2N6O4/c1-37-28(17-34)32(43)39-29-19-38-31(24-4-2-3-21(13-24)18-36)41(33(29)44)20-22-14-25(30(42)23-5-7-26(35)8-6-23)16-27(15-22)40-9-11-45-12-10-40/h2-8,13-16,19,28,37H,9-12,17,20H2,1H3,(H,39,43)/t28-/m0/s1. The number of ether oxygens (including phenoxy) is 1. The number of likely N-dealkylation sites (N-methyl/N-ethyl adjacent to an activating group) is 1. The second-order valence-electron chi connectivity index (χ2n) is 10.4. The Kier molecular flexibility index (Phi) is 9.72. The maximum absolute atomic E-state index is 13.9. The highest BCUT2D eigenvalue weighted by Crippen LogP contribution is 2.25. The number of benzene rings is 3. The molecule has 4 aromatic rings. The number of morpholine rings is 1. The molecule has 0 radical (unpaired) electrons. The second kappa shape index (κ2) is 14.0. The molecule has 45 heavy (non-hydrogen) atoms. The third-order valence-electron chi connectivity index (χ3n) is 7.44. The van der Waals surface area contributed by atoms with Gasteiger partial charge >= 0.3 is 0 Å². The zero-order chi connectivity index (χ0) is 31.9. The largest absolute Gasteiger partial charge is 0.378 e. The molecule has 1 fully saturated rings. The summed E-state index contributed by atoms with van der Waals surface area (Å²) < 4.78 is 33.8. The molecule has 0 unspecified atom stereocenters. The van der Waals surface area contributed by atoms with Crippen LogP contribution in [0.4, 0.5) is 20.2 Å². The van der Waals surface area contributed by atoms with Crippen LogP contribution in [0.25, 0.3) is 11.4 Å². The van der Waals surface area contributed by atoms with Gasteiger partial charge in [0.15, 0.2) is 5.78 Å². The molecule has 0 bridgehead atoms. The Labute approximate surface area is 257 Å². The van der Waals surface area contributed by atoms with E-state index in [1.54, 1.807) is 36.4 Å². The van der Waals surface area contributed by atoms with E-state index in [9.17, 15) is 28.4 Å². The minimum Gasteiger partial charge on any atom is -0.378 e. The van der Waals surface area contributed by atoms with Gasteiger partial charge in [0.05, 0.1) is 37.6 Å². The van der Waals surface area contributed by atoms with E-state index < -0.39 is 30.0 Å². The van der Waals surface area contributed by atoms with Crippen molar-refractivity contribution in [1.29, 1.82) is 5.26 Å². The molecule has 0 aliphatic carbocycles. The summed E-state index contributed by atoms with van der Waals surface area (Å²) in [5, 5.41) is 14.5. The van der Waals surface area contributed by atoms with E-state index >= 15 is 0 Å². The van der Waals surface area contributed by atoms with Gasteiger partial charge in [-0.2, -0.15) is 5.26 Å². The zero-order valence-electron chi connectivity index (χ0n) is 24.4. The highest BCUT2D eigenvalue weighted by molar-refractivity contribution is 6.09. The van der Waals surface area contributed by atoms with Gasteiger partial charge in [-0.1, -0.05) is 12.1 Å². The molecule has 12 heteroatoms. The van der Waals surface area contributed by atoms with Gasteiger partial charge in [0.25, 0.3) is 5.56 Å². The monoisotopic (exact) mass is 612 g/mol. The molecule has 3 aromatic carbocycles. The number of hydrogen-bond donors (Lipinski definition) is 2. The van der Waals surface area contributed by atoms with Crippen molar-refractivity contribution < 1.29 is 23.1 Å². The van der Waals surface area contributed by atoms with Crippen LogP contribution in [0.5, 0.6) is 0 Å². The predicted octanol–water partition coefficient (Wildman–Crippen LogP) is 3.53. The van der Waals surface area contributed by atoms with E-state index in [4.69, 9.17) is 4.74 Å². The van der Waals surface area contributed by atoms with Crippen molar-refractivity contribution in [1.82, 2.24) is 14.9 Å². The Morgan fingerprint density at radius 2 is 1.82 bits per heavy atom. The Morgan fingerprint density at radius 3 is 2.51 bits per heavy atom. The van der Waals surface area contributed by atoms with Gasteiger partial charge in [-0.3, -0.25) is 19.0 Å². The summed E-state index contributed by atoms with van der Waals surface area (Å²) in [4.78, 5) is 46.6. The number of nitrogens with zero attached hydrogens (tertiary/aromatic N) is 4. The molecule has 1 atom stereocenters. The highest BCUT2D eigenvalue weighted by atomic mass is 19.1. The van der Waals surface area contributed by atoms with Crippen molar-refractivity contribution in [2.75, 3.05) is 50.2 Å². The molecule has 1 saturated heterocycles. The fourth-order valence-corrected chi connectivity index (χ4v) is 5.03. The fraction of sp³-hybridized carbons (Fsp3) is 0.242. The van der Waals surface area contributed by atoms with Crippen molar-refractivity contribution in [3.05, 3.63) is 111 Å². The van der Waals surface area contributed by atoms with E-state index in [1.165, 1.54) is 42.1 Å². The topological polar surface area (TPSA) is 129 Å². The Balaban J connectivity index is 1.63. The number of anilines is 2. The highest BCUT2D eigenvalue weighted by Gasteiger charge is 2.22. The van der Waals surface area contributed by atoms with Gasteiger partial charge in [-0.25, -0.2) is 13.8 Å². The predicted molar refractivity (Wildman–Crippen MR) is 165 cm³/mol. The first kappa shape index (κ1) is 31.2. The number of rotatable bonds is 10. The normalized spacial score (nSPS) is 13.6. The Morgan fingerprint density at radius 1 is 1.07 bits per heavy atom. The third kappa shape index (κ3) is 7.12. The number of nitrogens with one attached hydrogen (secondary N) is 2. The summed E-state index contributed by atoms with van der Waals surface area (Å²) in [5.74, 6) is -1.32. The first-order valence-corrected chi connectivity index (χ1v) is 14.2. The number of carbonyl (C=O) groups excluding carboxylic acids is 2. The number of nitriles is 1. The summed E-state index contributed by atoms with van der Waals surface area (Å²) in [5.41, 5.74) is 1.99. The first-order chi connectivity index (χ1) is 21.8. The molecule has 1 aliphatic rings. The second-order valence-corrected chi connectivity index (χ2v) is 10.4. The van der Waals surface area contributed by atoms with Crippen LogP contribution < -0.4 is 21.1 Å². The van der Waals surface area contributed by atoms with Gasteiger partial charge in [-0.05, 0) is 67.2 Å². The average Bonchev–Trinajstić information content (AvgIpc) is 3.07. The number of hydrogen-bond acceptors (Lipinski definition) is 8. The maximum Gasteiger partial charge on any atom is 0.277 e. The average molecular weight is 613 g/mol. The summed E-state index contributed by atoms with van der Waals surface area (Å²) in [6, 6.07) is 18.0. The minimum absolute atomic E-state index is 0.0674. The number of alkyl halides is 1. The van der Waals surface area contributed by atoms with Crippen LogP contribution in [0.15, 0.2) is 77.7 Å². The lowest BCUT2D eigenvalue weighted by molar-refractivity contribution is -0.118. The van der Waals surface area contributed by atoms with Gasteiger partial charge in [-0.15, -0.1) is 0 Å². The Bertz CT molecular complexity index is 1810. The van der Waals surface area contributed by atoms with Crippen LogP contribution in [-0.2, 0) is 16.1 Å². The molecule has 2 N–H and O–H groups in total. The smallest absolute Gasteiger partial charge is 0.277 e. The molecule has 0 spiro atoms. The number of aromatic nitrogens is 2. The fourth-order valence-electron chi connectivity index (χ4n) is 5.03. The van der Waals surface area contributed by atoms with Crippen molar-refractivity contribution >= 4 is 23.1 Å². The van der Waals surface area contributed by atoms with E-state index in [2.05, 4.69) is 26.6 Å². The summed E-state index contributed by atoms with van der Waals surface area (Å²) in [7, 11) is 1.43. The van der Waals surface area contributed by atoms with Crippen molar-refractivity contribution in [3.63, 3.8) is 0 Å². The van der Waals surface area contributed by atoms with E-state index in [0.29, 0.717) is 54.1 Å². The third-order valence-corrected chi connectivity index (χ3v) is 7.44. The van der Waals surface area contributed by atoms with Gasteiger partial charge in [0.1, 0.15) is 30.0 Å². The number of halogens is 2. The lowest BCUT2D eigenvalue weighted by Gasteiger charge is -2.29. The van der Waals surface area contributed by atoms with Crippen LogP contribution in [-0.4, -0.2) is 67.3 Å². The van der Waals surface area contributed by atoms with E-state index in [1.807, 2.05) is 6.07 Å². The molecule has 1 aliphatic heterocycles. The first-order valence-electron chi connectivity index (χ1n) is 14.2. The van der Waals surface area contributed by atoms with E-state index in [0.717, 1.165) is 5.69 Å². The quantitative estimate of drug-likeness (QED) is 0.260.